The zero-order valence-electron chi connectivity index (χ0n) is 13.5. The van der Waals surface area contributed by atoms with E-state index >= 15 is 0 Å². The predicted octanol–water partition coefficient (Wildman–Crippen LogP) is 2.03. The predicted molar refractivity (Wildman–Crippen MR) is 95.4 cm³/mol. The Bertz CT molecular complexity index is 661. The maximum atomic E-state index is 12.9. The molecule has 1 fully saturated rings. The highest BCUT2D eigenvalue weighted by Crippen LogP contribution is 2.21. The van der Waals surface area contributed by atoms with E-state index in [9.17, 15) is 13.2 Å². The van der Waals surface area contributed by atoms with Crippen LogP contribution in [-0.2, 0) is 9.84 Å². The molecule has 0 aliphatic carbocycles. The molecule has 5 nitrogen and oxygen atoms in total. The molecule has 0 N–H and O–H groups in total. The molecule has 1 aliphatic rings. The zero-order chi connectivity index (χ0) is 17.0. The number of halogens is 1. The van der Waals surface area contributed by atoms with Crippen molar-refractivity contribution in [2.24, 2.45) is 0 Å². The molecule has 7 heteroatoms. The van der Waals surface area contributed by atoms with E-state index in [0.29, 0.717) is 18.5 Å². The second-order valence-electron chi connectivity index (χ2n) is 6.22. The summed E-state index contributed by atoms with van der Waals surface area (Å²) in [6.45, 7) is 1.44. The van der Waals surface area contributed by atoms with Gasteiger partial charge in [0.1, 0.15) is 0 Å². The summed E-state index contributed by atoms with van der Waals surface area (Å²) < 4.78 is 24.4. The molecule has 1 aromatic rings. The molecule has 1 aromatic carbocycles. The fraction of sp³-hybridized carbons (Fsp3) is 0.562. The van der Waals surface area contributed by atoms with Gasteiger partial charge in [-0.25, -0.2) is 8.42 Å². The Balaban J connectivity index is 2.17. The number of hydrogen-bond acceptors (Lipinski definition) is 4. The van der Waals surface area contributed by atoms with Crippen LogP contribution in [0.15, 0.2) is 28.7 Å². The molecule has 0 saturated carbocycles. The van der Waals surface area contributed by atoms with Gasteiger partial charge in [-0.1, -0.05) is 22.0 Å². The highest BCUT2D eigenvalue weighted by molar-refractivity contribution is 9.10. The molecule has 0 aromatic heterocycles. The zero-order valence-corrected chi connectivity index (χ0v) is 15.9. The first-order valence-corrected chi connectivity index (χ1v) is 10.3. The van der Waals surface area contributed by atoms with E-state index in [1.165, 1.54) is 0 Å². The van der Waals surface area contributed by atoms with Crippen LogP contribution in [0, 0.1) is 0 Å². The summed E-state index contributed by atoms with van der Waals surface area (Å²) in [6, 6.07) is 7.03. The van der Waals surface area contributed by atoms with Crippen molar-refractivity contribution in [1.82, 2.24) is 9.80 Å². The van der Waals surface area contributed by atoms with Crippen LogP contribution < -0.4 is 0 Å². The Kier molecular flexibility index (Phi) is 6.22. The van der Waals surface area contributed by atoms with Gasteiger partial charge in [0.25, 0.3) is 5.91 Å². The highest BCUT2D eigenvalue weighted by atomic mass is 79.9. The summed E-state index contributed by atoms with van der Waals surface area (Å²) in [6.07, 6.45) is 1.35. The fourth-order valence-corrected chi connectivity index (χ4v) is 4.95. The standard InChI is InChI=1S/C16H23BrN2O3S/c1-18(2)8-4-9-19(15-7-10-23(21,22)12-15)16(20)13-5-3-6-14(17)11-13/h3,5-6,11,15H,4,7-10,12H2,1-2H3. The number of carbonyl (C=O) groups is 1. The molecule has 1 heterocycles. The summed E-state index contributed by atoms with van der Waals surface area (Å²) in [5.74, 6) is 0.162. The van der Waals surface area contributed by atoms with Crippen LogP contribution in [0.3, 0.4) is 0 Å². The largest absolute Gasteiger partial charge is 0.335 e. The second kappa shape index (κ2) is 7.77. The Morgan fingerprint density at radius 3 is 2.61 bits per heavy atom. The number of amides is 1. The van der Waals surface area contributed by atoms with Crippen LogP contribution in [0.4, 0.5) is 0 Å². The van der Waals surface area contributed by atoms with Crippen LogP contribution in [0.25, 0.3) is 0 Å². The molecule has 23 heavy (non-hydrogen) atoms. The first-order valence-electron chi connectivity index (χ1n) is 7.70. The Morgan fingerprint density at radius 1 is 1.30 bits per heavy atom. The maximum Gasteiger partial charge on any atom is 0.254 e. The van der Waals surface area contributed by atoms with Gasteiger partial charge in [0.05, 0.1) is 11.5 Å². The minimum absolute atomic E-state index is 0.0781. The van der Waals surface area contributed by atoms with E-state index in [2.05, 4.69) is 20.8 Å². The van der Waals surface area contributed by atoms with Gasteiger partial charge >= 0.3 is 0 Å². The van der Waals surface area contributed by atoms with Crippen LogP contribution >= 0.6 is 15.9 Å². The van der Waals surface area contributed by atoms with Gasteiger partial charge in [-0.3, -0.25) is 4.79 Å². The lowest BCUT2D eigenvalue weighted by atomic mass is 10.1. The molecule has 0 spiro atoms. The van der Waals surface area contributed by atoms with Crippen molar-refractivity contribution in [3.63, 3.8) is 0 Å². The first kappa shape index (κ1) is 18.4. The van der Waals surface area contributed by atoms with Crippen molar-refractivity contribution in [2.45, 2.75) is 18.9 Å². The van der Waals surface area contributed by atoms with E-state index in [1.54, 1.807) is 17.0 Å². The maximum absolute atomic E-state index is 12.9. The van der Waals surface area contributed by atoms with Crippen molar-refractivity contribution in [3.05, 3.63) is 34.3 Å². The summed E-state index contributed by atoms with van der Waals surface area (Å²) in [5, 5.41) is 0. The molecular formula is C16H23BrN2O3S. The average molecular weight is 403 g/mol. The molecule has 0 radical (unpaired) electrons. The normalized spacial score (nSPS) is 19.9. The fourth-order valence-electron chi connectivity index (χ4n) is 2.82. The topological polar surface area (TPSA) is 57.7 Å². The lowest BCUT2D eigenvalue weighted by molar-refractivity contribution is 0.0690. The van der Waals surface area contributed by atoms with Crippen LogP contribution in [0.5, 0.6) is 0 Å². The van der Waals surface area contributed by atoms with Crippen molar-refractivity contribution >= 4 is 31.7 Å². The van der Waals surface area contributed by atoms with Gasteiger partial charge in [-0.05, 0) is 51.7 Å². The monoisotopic (exact) mass is 402 g/mol. The Morgan fingerprint density at radius 2 is 2.04 bits per heavy atom. The minimum Gasteiger partial charge on any atom is -0.335 e. The van der Waals surface area contributed by atoms with Crippen molar-refractivity contribution in [3.8, 4) is 0 Å². The molecular weight excluding hydrogens is 380 g/mol. The third kappa shape index (κ3) is 5.29. The van der Waals surface area contributed by atoms with Gasteiger partial charge in [0, 0.05) is 22.6 Å². The third-order valence-corrected chi connectivity index (χ3v) is 6.23. The van der Waals surface area contributed by atoms with E-state index in [0.717, 1.165) is 17.4 Å². The van der Waals surface area contributed by atoms with E-state index in [1.807, 2.05) is 26.2 Å². The van der Waals surface area contributed by atoms with E-state index in [4.69, 9.17) is 0 Å². The Labute approximate surface area is 146 Å². The lowest BCUT2D eigenvalue weighted by Crippen LogP contribution is -2.42. The van der Waals surface area contributed by atoms with Gasteiger partial charge in [-0.2, -0.15) is 0 Å². The van der Waals surface area contributed by atoms with Gasteiger partial charge < -0.3 is 9.80 Å². The molecule has 128 valence electrons. The smallest absolute Gasteiger partial charge is 0.254 e. The number of benzene rings is 1. The van der Waals surface area contributed by atoms with E-state index in [-0.39, 0.29) is 23.5 Å². The summed E-state index contributed by atoms with van der Waals surface area (Å²) in [7, 11) is 0.954. The highest BCUT2D eigenvalue weighted by Gasteiger charge is 2.34. The molecule has 2 rings (SSSR count). The van der Waals surface area contributed by atoms with Crippen LogP contribution in [0.1, 0.15) is 23.2 Å². The number of sulfone groups is 1. The Hall–Kier alpha value is -0.920. The molecule has 1 unspecified atom stereocenters. The summed E-state index contributed by atoms with van der Waals surface area (Å²) >= 11 is 3.38. The summed E-state index contributed by atoms with van der Waals surface area (Å²) in [4.78, 5) is 16.7. The van der Waals surface area contributed by atoms with Crippen LogP contribution in [0.2, 0.25) is 0 Å². The molecule has 1 atom stereocenters. The molecule has 1 aliphatic heterocycles. The quantitative estimate of drug-likeness (QED) is 0.730. The third-order valence-electron chi connectivity index (χ3n) is 3.99. The summed E-state index contributed by atoms with van der Waals surface area (Å²) in [5.41, 5.74) is 0.591. The second-order valence-corrected chi connectivity index (χ2v) is 9.37. The van der Waals surface area contributed by atoms with Gasteiger partial charge in [-0.15, -0.1) is 0 Å². The number of hydrogen-bond donors (Lipinski definition) is 0. The van der Waals surface area contributed by atoms with Crippen molar-refractivity contribution < 1.29 is 13.2 Å². The van der Waals surface area contributed by atoms with Crippen molar-refractivity contribution in [1.29, 1.82) is 0 Å². The first-order chi connectivity index (χ1) is 10.8. The SMILES string of the molecule is CN(C)CCCN(C(=O)c1cccc(Br)c1)C1CCS(=O)(=O)C1. The number of rotatable bonds is 6. The lowest BCUT2D eigenvalue weighted by Gasteiger charge is -2.29. The van der Waals surface area contributed by atoms with Crippen LogP contribution in [-0.4, -0.2) is 68.9 Å². The molecule has 1 amide bonds. The average Bonchev–Trinajstić information content (AvgIpc) is 2.82. The van der Waals surface area contributed by atoms with Gasteiger partial charge in [0.2, 0.25) is 0 Å². The molecule has 0 bridgehead atoms. The number of carbonyl (C=O) groups excluding carboxylic acids is 1. The van der Waals surface area contributed by atoms with E-state index < -0.39 is 9.84 Å². The van der Waals surface area contributed by atoms with Gasteiger partial charge in [0.15, 0.2) is 9.84 Å². The number of nitrogens with zero attached hydrogens (tertiary/aromatic N) is 2. The van der Waals surface area contributed by atoms with Crippen molar-refractivity contribution in [2.75, 3.05) is 38.7 Å². The minimum atomic E-state index is -3.02. The molecule has 1 saturated heterocycles.